The Kier molecular flexibility index (Phi) is 5.15. The maximum Gasteiger partial charge on any atom is 0.435 e. The summed E-state index contributed by atoms with van der Waals surface area (Å²) in [6, 6.07) is 0.236. The molecule has 1 aliphatic rings. The number of halogens is 6. The number of alkyl halides is 6. The Labute approximate surface area is 155 Å². The van der Waals surface area contributed by atoms with Gasteiger partial charge >= 0.3 is 12.4 Å². The lowest BCUT2D eigenvalue weighted by molar-refractivity contribution is -0.142. The van der Waals surface area contributed by atoms with Crippen LogP contribution in [0, 0.1) is 0 Å². The lowest BCUT2D eigenvalue weighted by atomic mass is 10.2. The second-order valence-corrected chi connectivity index (χ2v) is 6.67. The van der Waals surface area contributed by atoms with E-state index in [0.717, 1.165) is 21.6 Å². The molecular formula is C16H17F6N5O. The molecule has 0 aromatic carbocycles. The number of hydrogen-bond donors (Lipinski definition) is 1. The Morgan fingerprint density at radius 2 is 1.89 bits per heavy atom. The molecule has 2 heterocycles. The fraction of sp³-hybridized carbons (Fsp3) is 0.562. The van der Waals surface area contributed by atoms with E-state index in [2.05, 4.69) is 15.5 Å². The highest BCUT2D eigenvalue weighted by Crippen LogP contribution is 2.36. The van der Waals surface area contributed by atoms with E-state index < -0.39 is 42.2 Å². The van der Waals surface area contributed by atoms with Gasteiger partial charge in [-0.3, -0.25) is 14.2 Å². The number of amides is 1. The zero-order valence-electron chi connectivity index (χ0n) is 14.7. The molecule has 1 N–H and O–H groups in total. The van der Waals surface area contributed by atoms with Gasteiger partial charge in [0.25, 0.3) is 0 Å². The lowest BCUT2D eigenvalue weighted by Crippen LogP contribution is -2.38. The molecule has 2 aromatic heterocycles. The molecular weight excluding hydrogens is 392 g/mol. The number of carbonyl (C=O) groups excluding carboxylic acids is 1. The predicted octanol–water partition coefficient (Wildman–Crippen LogP) is 2.81. The van der Waals surface area contributed by atoms with E-state index in [4.69, 9.17) is 0 Å². The molecule has 0 saturated heterocycles. The third-order valence-electron chi connectivity index (χ3n) is 4.37. The van der Waals surface area contributed by atoms with Crippen molar-refractivity contribution in [1.29, 1.82) is 0 Å². The van der Waals surface area contributed by atoms with E-state index in [-0.39, 0.29) is 18.5 Å². The van der Waals surface area contributed by atoms with E-state index in [0.29, 0.717) is 18.5 Å². The molecule has 6 nitrogen and oxygen atoms in total. The van der Waals surface area contributed by atoms with Gasteiger partial charge in [0.1, 0.15) is 6.54 Å². The molecule has 0 bridgehead atoms. The van der Waals surface area contributed by atoms with Gasteiger partial charge in [-0.1, -0.05) is 0 Å². The van der Waals surface area contributed by atoms with Gasteiger partial charge in [0.2, 0.25) is 5.91 Å². The van der Waals surface area contributed by atoms with Crippen LogP contribution in [0.3, 0.4) is 0 Å². The summed E-state index contributed by atoms with van der Waals surface area (Å²) in [5.74, 6) is -0.582. The van der Waals surface area contributed by atoms with Crippen LogP contribution in [-0.2, 0) is 43.1 Å². The van der Waals surface area contributed by atoms with Gasteiger partial charge in [-0.15, -0.1) is 0 Å². The third kappa shape index (κ3) is 4.30. The van der Waals surface area contributed by atoms with Crippen LogP contribution in [-0.4, -0.2) is 31.5 Å². The monoisotopic (exact) mass is 409 g/mol. The summed E-state index contributed by atoms with van der Waals surface area (Å²) in [6.45, 7) is 1.14. The molecule has 0 fully saturated rings. The summed E-state index contributed by atoms with van der Waals surface area (Å²) >= 11 is 0. The maximum atomic E-state index is 13.1. The first-order valence-electron chi connectivity index (χ1n) is 8.51. The minimum Gasteiger partial charge on any atom is -0.350 e. The fourth-order valence-corrected chi connectivity index (χ4v) is 3.26. The van der Waals surface area contributed by atoms with Crippen molar-refractivity contribution in [3.8, 4) is 0 Å². The van der Waals surface area contributed by atoms with Crippen molar-refractivity contribution in [2.24, 2.45) is 0 Å². The summed E-state index contributed by atoms with van der Waals surface area (Å²) in [6.07, 6.45) is -6.76. The van der Waals surface area contributed by atoms with Crippen molar-refractivity contribution in [1.82, 2.24) is 24.9 Å². The summed E-state index contributed by atoms with van der Waals surface area (Å²) in [7, 11) is 0. The first-order chi connectivity index (χ1) is 12.9. The second kappa shape index (κ2) is 7.13. The normalized spacial score (nSPS) is 15.5. The van der Waals surface area contributed by atoms with E-state index in [9.17, 15) is 31.1 Å². The number of rotatable bonds is 5. The van der Waals surface area contributed by atoms with Crippen LogP contribution in [0.5, 0.6) is 0 Å². The first-order valence-corrected chi connectivity index (χ1v) is 8.51. The zero-order chi connectivity index (χ0) is 20.7. The molecule has 0 aliphatic heterocycles. The van der Waals surface area contributed by atoms with E-state index in [1.165, 1.54) is 0 Å². The van der Waals surface area contributed by atoms with Crippen molar-refractivity contribution < 1.29 is 31.1 Å². The highest BCUT2D eigenvalue weighted by molar-refractivity contribution is 5.76. The average Bonchev–Trinajstić information content (AvgIpc) is 3.22. The number of fused-ring (bicyclic) bond motifs is 1. The largest absolute Gasteiger partial charge is 0.435 e. The fourth-order valence-electron chi connectivity index (χ4n) is 3.26. The van der Waals surface area contributed by atoms with Gasteiger partial charge in [-0.2, -0.15) is 36.5 Å². The molecule has 1 aliphatic carbocycles. The van der Waals surface area contributed by atoms with Crippen molar-refractivity contribution >= 4 is 5.91 Å². The van der Waals surface area contributed by atoms with E-state index >= 15 is 0 Å². The molecule has 0 spiro atoms. The van der Waals surface area contributed by atoms with Crippen molar-refractivity contribution in [3.05, 3.63) is 34.9 Å². The highest BCUT2D eigenvalue weighted by atomic mass is 19.4. The second-order valence-electron chi connectivity index (χ2n) is 6.67. The highest BCUT2D eigenvalue weighted by Gasteiger charge is 2.40. The minimum absolute atomic E-state index is 0.0210. The smallest absolute Gasteiger partial charge is 0.350 e. The summed E-state index contributed by atoms with van der Waals surface area (Å²) in [5.41, 5.74) is -1.48. The van der Waals surface area contributed by atoms with Crippen molar-refractivity contribution in [2.45, 2.75) is 57.7 Å². The van der Waals surface area contributed by atoms with Crippen LogP contribution in [0.1, 0.15) is 36.0 Å². The zero-order valence-corrected chi connectivity index (χ0v) is 14.7. The third-order valence-corrected chi connectivity index (χ3v) is 4.37. The van der Waals surface area contributed by atoms with Gasteiger partial charge < -0.3 is 5.32 Å². The van der Waals surface area contributed by atoms with Gasteiger partial charge in [0, 0.05) is 23.5 Å². The Morgan fingerprint density at radius 3 is 2.50 bits per heavy atom. The van der Waals surface area contributed by atoms with E-state index in [1.807, 2.05) is 0 Å². The Balaban J connectivity index is 1.62. The number of nitrogens with one attached hydrogen (secondary N) is 1. The first kappa shape index (κ1) is 20.2. The predicted molar refractivity (Wildman–Crippen MR) is 84.1 cm³/mol. The summed E-state index contributed by atoms with van der Waals surface area (Å²) in [5, 5.41) is 9.48. The van der Waals surface area contributed by atoms with E-state index in [1.54, 1.807) is 6.92 Å². The SMILES string of the molecule is C[C@H](Cn1ccc(C(F)(F)F)n1)NC(=O)Cn1nc(C(F)(F)F)c2c1CCC2. The van der Waals surface area contributed by atoms with Gasteiger partial charge in [0.05, 0.1) is 6.54 Å². The Bertz CT molecular complexity index is 866. The molecule has 1 atom stereocenters. The van der Waals surface area contributed by atoms with Gasteiger partial charge in [0.15, 0.2) is 11.4 Å². The van der Waals surface area contributed by atoms with Crippen LogP contribution in [0.25, 0.3) is 0 Å². The Hall–Kier alpha value is -2.53. The summed E-state index contributed by atoms with van der Waals surface area (Å²) in [4.78, 5) is 12.2. The molecule has 154 valence electrons. The van der Waals surface area contributed by atoms with Crippen LogP contribution in [0.4, 0.5) is 26.3 Å². The molecule has 0 radical (unpaired) electrons. The van der Waals surface area contributed by atoms with Crippen LogP contribution in [0.15, 0.2) is 12.3 Å². The number of carbonyl (C=O) groups is 1. The van der Waals surface area contributed by atoms with Gasteiger partial charge in [-0.05, 0) is 32.3 Å². The molecule has 0 unspecified atom stereocenters. The minimum atomic E-state index is -4.58. The molecule has 2 aromatic rings. The van der Waals surface area contributed by atoms with Crippen molar-refractivity contribution in [2.75, 3.05) is 0 Å². The number of aromatic nitrogens is 4. The quantitative estimate of drug-likeness (QED) is 0.773. The molecule has 12 heteroatoms. The van der Waals surface area contributed by atoms with Gasteiger partial charge in [-0.25, -0.2) is 0 Å². The van der Waals surface area contributed by atoms with Crippen LogP contribution < -0.4 is 5.32 Å². The molecule has 28 heavy (non-hydrogen) atoms. The molecule has 0 saturated carbocycles. The lowest BCUT2D eigenvalue weighted by Gasteiger charge is -2.15. The van der Waals surface area contributed by atoms with Crippen molar-refractivity contribution in [3.63, 3.8) is 0 Å². The molecule has 3 rings (SSSR count). The topological polar surface area (TPSA) is 64.7 Å². The summed E-state index contributed by atoms with van der Waals surface area (Å²) < 4.78 is 79.0. The maximum absolute atomic E-state index is 13.1. The van der Waals surface area contributed by atoms with Crippen LogP contribution >= 0.6 is 0 Å². The Morgan fingerprint density at radius 1 is 1.18 bits per heavy atom. The average molecular weight is 409 g/mol. The number of hydrogen-bond acceptors (Lipinski definition) is 3. The van der Waals surface area contributed by atoms with Crippen LogP contribution in [0.2, 0.25) is 0 Å². The standard InChI is InChI=1S/C16H17F6N5O/c1-9(7-26-6-5-12(24-26)15(17,18)19)23-13(28)8-27-11-4-2-3-10(11)14(25-27)16(20,21)22/h5-6,9H,2-4,7-8H2,1H3,(H,23,28)/t9-/m1/s1. The number of nitrogens with zero attached hydrogens (tertiary/aromatic N) is 4. The molecule has 1 amide bonds.